The van der Waals surface area contributed by atoms with Gasteiger partial charge in [-0.2, -0.15) is 5.10 Å². The smallest absolute Gasteiger partial charge is 0.126 e. The molecule has 1 aromatic carbocycles. The highest BCUT2D eigenvalue weighted by molar-refractivity contribution is 5.75. The van der Waals surface area contributed by atoms with Crippen LogP contribution in [0.3, 0.4) is 0 Å². The predicted molar refractivity (Wildman–Crippen MR) is 67.9 cm³/mol. The topological polar surface area (TPSA) is 63.9 Å². The quantitative estimate of drug-likeness (QED) is 0.850. The molecule has 0 bridgehead atoms. The zero-order chi connectivity index (χ0) is 12.4. The standard InChI is InChI=1S/C13H17N3O/c1-8-4-5-12(17-3)10(6-8)13-9(2)15-16-11(13)7-14/h4-6H,7,14H2,1-3H3,(H,15,16). The van der Waals surface area contributed by atoms with Crippen LogP contribution in [0.15, 0.2) is 18.2 Å². The van der Waals surface area contributed by atoms with Gasteiger partial charge >= 0.3 is 0 Å². The molecule has 4 nitrogen and oxygen atoms in total. The van der Waals surface area contributed by atoms with Gasteiger partial charge in [0, 0.05) is 23.4 Å². The first-order valence-corrected chi connectivity index (χ1v) is 5.56. The van der Waals surface area contributed by atoms with Crippen LogP contribution >= 0.6 is 0 Å². The summed E-state index contributed by atoms with van der Waals surface area (Å²) in [5, 5.41) is 7.18. The van der Waals surface area contributed by atoms with Crippen molar-refractivity contribution in [3.8, 4) is 16.9 Å². The van der Waals surface area contributed by atoms with Gasteiger partial charge in [0.2, 0.25) is 0 Å². The Balaban J connectivity index is 2.66. The number of benzene rings is 1. The summed E-state index contributed by atoms with van der Waals surface area (Å²) in [4.78, 5) is 0. The van der Waals surface area contributed by atoms with Crippen LogP contribution in [0, 0.1) is 13.8 Å². The molecule has 0 amide bonds. The van der Waals surface area contributed by atoms with E-state index in [9.17, 15) is 0 Å². The van der Waals surface area contributed by atoms with Crippen molar-refractivity contribution >= 4 is 0 Å². The van der Waals surface area contributed by atoms with E-state index in [-0.39, 0.29) is 0 Å². The Labute approximate surface area is 101 Å². The van der Waals surface area contributed by atoms with Gasteiger partial charge in [0.05, 0.1) is 12.8 Å². The van der Waals surface area contributed by atoms with Gasteiger partial charge in [0.1, 0.15) is 5.75 Å². The number of ether oxygens (including phenoxy) is 1. The van der Waals surface area contributed by atoms with Crippen LogP contribution in [-0.4, -0.2) is 17.3 Å². The third kappa shape index (κ3) is 2.03. The molecule has 0 atom stereocenters. The lowest BCUT2D eigenvalue weighted by molar-refractivity contribution is 0.416. The minimum atomic E-state index is 0.413. The molecule has 0 radical (unpaired) electrons. The van der Waals surface area contributed by atoms with Crippen molar-refractivity contribution in [1.82, 2.24) is 10.2 Å². The minimum Gasteiger partial charge on any atom is -0.496 e. The third-order valence-electron chi connectivity index (χ3n) is 2.84. The summed E-state index contributed by atoms with van der Waals surface area (Å²) >= 11 is 0. The summed E-state index contributed by atoms with van der Waals surface area (Å²) in [6.45, 7) is 4.46. The number of nitrogens with one attached hydrogen (secondary N) is 1. The maximum atomic E-state index is 5.71. The van der Waals surface area contributed by atoms with Crippen molar-refractivity contribution in [3.05, 3.63) is 35.2 Å². The molecule has 90 valence electrons. The Kier molecular flexibility index (Phi) is 3.15. The maximum absolute atomic E-state index is 5.71. The highest BCUT2D eigenvalue weighted by atomic mass is 16.5. The summed E-state index contributed by atoms with van der Waals surface area (Å²) in [6.07, 6.45) is 0. The molecular formula is C13H17N3O. The minimum absolute atomic E-state index is 0.413. The molecule has 1 heterocycles. The largest absolute Gasteiger partial charge is 0.496 e. The Morgan fingerprint density at radius 2 is 2.12 bits per heavy atom. The number of hydrogen-bond donors (Lipinski definition) is 2. The lowest BCUT2D eigenvalue weighted by Gasteiger charge is -2.10. The van der Waals surface area contributed by atoms with Gasteiger partial charge in [0.15, 0.2) is 0 Å². The first kappa shape index (κ1) is 11.7. The highest BCUT2D eigenvalue weighted by Gasteiger charge is 2.15. The molecule has 2 rings (SSSR count). The number of aromatic nitrogens is 2. The number of hydrogen-bond acceptors (Lipinski definition) is 3. The molecule has 0 unspecified atom stereocenters. The Bertz CT molecular complexity index is 531. The van der Waals surface area contributed by atoms with E-state index in [0.29, 0.717) is 6.54 Å². The molecule has 0 aliphatic rings. The zero-order valence-electron chi connectivity index (χ0n) is 10.4. The normalized spacial score (nSPS) is 10.6. The maximum Gasteiger partial charge on any atom is 0.126 e. The van der Waals surface area contributed by atoms with Crippen molar-refractivity contribution in [1.29, 1.82) is 0 Å². The monoisotopic (exact) mass is 231 g/mol. The van der Waals surface area contributed by atoms with Crippen molar-refractivity contribution in [3.63, 3.8) is 0 Å². The second kappa shape index (κ2) is 4.59. The van der Waals surface area contributed by atoms with Gasteiger partial charge in [-0.25, -0.2) is 0 Å². The van der Waals surface area contributed by atoms with E-state index in [4.69, 9.17) is 10.5 Å². The fourth-order valence-electron chi connectivity index (χ4n) is 2.00. The highest BCUT2D eigenvalue weighted by Crippen LogP contribution is 2.34. The predicted octanol–water partition coefficient (Wildman–Crippen LogP) is 2.16. The fraction of sp³-hybridized carbons (Fsp3) is 0.308. The molecule has 0 saturated carbocycles. The number of aryl methyl sites for hydroxylation is 2. The van der Waals surface area contributed by atoms with Crippen LogP contribution in [0.25, 0.3) is 11.1 Å². The van der Waals surface area contributed by atoms with Gasteiger partial charge in [-0.05, 0) is 26.0 Å². The average molecular weight is 231 g/mol. The van der Waals surface area contributed by atoms with E-state index < -0.39 is 0 Å². The van der Waals surface area contributed by atoms with Crippen LogP contribution in [-0.2, 0) is 6.54 Å². The molecule has 0 aliphatic carbocycles. The second-order valence-electron chi connectivity index (χ2n) is 4.08. The Hall–Kier alpha value is -1.81. The van der Waals surface area contributed by atoms with Gasteiger partial charge in [0.25, 0.3) is 0 Å². The van der Waals surface area contributed by atoms with Crippen molar-refractivity contribution in [2.45, 2.75) is 20.4 Å². The van der Waals surface area contributed by atoms with Crippen molar-refractivity contribution in [2.75, 3.05) is 7.11 Å². The average Bonchev–Trinajstić information content (AvgIpc) is 2.70. The summed E-state index contributed by atoms with van der Waals surface area (Å²) in [6, 6.07) is 6.09. The van der Waals surface area contributed by atoms with Gasteiger partial charge in [-0.15, -0.1) is 0 Å². The summed E-state index contributed by atoms with van der Waals surface area (Å²) in [5.41, 5.74) is 10.9. The summed E-state index contributed by atoms with van der Waals surface area (Å²) < 4.78 is 5.40. The lowest BCUT2D eigenvalue weighted by Crippen LogP contribution is -1.99. The van der Waals surface area contributed by atoms with Crippen LogP contribution in [0.1, 0.15) is 17.0 Å². The zero-order valence-corrected chi connectivity index (χ0v) is 10.4. The van der Waals surface area contributed by atoms with E-state index in [1.54, 1.807) is 7.11 Å². The first-order chi connectivity index (χ1) is 8.17. The third-order valence-corrected chi connectivity index (χ3v) is 2.84. The molecule has 0 spiro atoms. The number of methoxy groups -OCH3 is 1. The molecule has 0 aliphatic heterocycles. The number of aromatic amines is 1. The number of rotatable bonds is 3. The van der Waals surface area contributed by atoms with Crippen LogP contribution in [0.4, 0.5) is 0 Å². The summed E-state index contributed by atoms with van der Waals surface area (Å²) in [7, 11) is 1.67. The van der Waals surface area contributed by atoms with Crippen molar-refractivity contribution in [2.24, 2.45) is 5.73 Å². The lowest BCUT2D eigenvalue weighted by atomic mass is 10.0. The van der Waals surface area contributed by atoms with E-state index in [1.165, 1.54) is 5.56 Å². The Morgan fingerprint density at radius 1 is 1.35 bits per heavy atom. The van der Waals surface area contributed by atoms with E-state index in [2.05, 4.69) is 23.2 Å². The molecule has 2 aromatic rings. The first-order valence-electron chi connectivity index (χ1n) is 5.56. The van der Waals surface area contributed by atoms with Crippen molar-refractivity contribution < 1.29 is 4.74 Å². The Morgan fingerprint density at radius 3 is 2.76 bits per heavy atom. The fourth-order valence-corrected chi connectivity index (χ4v) is 2.00. The van der Waals surface area contributed by atoms with Gasteiger partial charge in [-0.1, -0.05) is 11.6 Å². The second-order valence-corrected chi connectivity index (χ2v) is 4.08. The van der Waals surface area contributed by atoms with Crippen LogP contribution in [0.5, 0.6) is 5.75 Å². The van der Waals surface area contributed by atoms with Gasteiger partial charge in [-0.3, -0.25) is 5.10 Å². The van der Waals surface area contributed by atoms with Crippen LogP contribution in [0.2, 0.25) is 0 Å². The van der Waals surface area contributed by atoms with Crippen LogP contribution < -0.4 is 10.5 Å². The van der Waals surface area contributed by atoms with E-state index in [1.807, 2.05) is 19.1 Å². The van der Waals surface area contributed by atoms with Gasteiger partial charge < -0.3 is 10.5 Å². The number of nitrogens with two attached hydrogens (primary N) is 1. The molecule has 0 fully saturated rings. The number of nitrogens with zero attached hydrogens (tertiary/aromatic N) is 1. The van der Waals surface area contributed by atoms with E-state index in [0.717, 1.165) is 28.3 Å². The number of H-pyrrole nitrogens is 1. The summed E-state index contributed by atoms with van der Waals surface area (Å²) in [5.74, 6) is 0.842. The van der Waals surface area contributed by atoms with E-state index >= 15 is 0 Å². The molecule has 4 heteroatoms. The molecule has 0 saturated heterocycles. The SMILES string of the molecule is COc1ccc(C)cc1-c1c(CN)n[nH]c1C. The molecular weight excluding hydrogens is 214 g/mol. The molecule has 1 aromatic heterocycles. The molecule has 17 heavy (non-hydrogen) atoms. The molecule has 3 N–H and O–H groups in total.